The van der Waals surface area contributed by atoms with Gasteiger partial charge in [-0.3, -0.25) is 9.69 Å². The van der Waals surface area contributed by atoms with Gasteiger partial charge in [-0.05, 0) is 41.3 Å². The van der Waals surface area contributed by atoms with Gasteiger partial charge < -0.3 is 9.84 Å². The highest BCUT2D eigenvalue weighted by molar-refractivity contribution is 6.32. The topological polar surface area (TPSA) is 49.8 Å². The molecule has 0 bridgehead atoms. The number of benzene rings is 3. The van der Waals surface area contributed by atoms with Crippen molar-refractivity contribution in [3.05, 3.63) is 100 Å². The molecule has 3 rings (SSSR count). The fourth-order valence-electron chi connectivity index (χ4n) is 3.99. The highest BCUT2D eigenvalue weighted by Crippen LogP contribution is 2.36. The van der Waals surface area contributed by atoms with Crippen LogP contribution in [-0.4, -0.2) is 35.7 Å². The SMILES string of the molecule is C#C[C@H](CN(CCCOc1cccc(CC(=O)O)c1)Cc1cccc(C(F)(F)F)c1Cl)c1ccccc1. The van der Waals surface area contributed by atoms with Crippen LogP contribution >= 0.6 is 11.6 Å². The summed E-state index contributed by atoms with van der Waals surface area (Å²) in [7, 11) is 0. The van der Waals surface area contributed by atoms with Crippen molar-refractivity contribution in [1.82, 2.24) is 4.90 Å². The Labute approximate surface area is 219 Å². The number of ether oxygens (including phenoxy) is 1. The number of hydrogen-bond acceptors (Lipinski definition) is 3. The minimum absolute atomic E-state index is 0.101. The molecule has 4 nitrogen and oxygen atoms in total. The smallest absolute Gasteiger partial charge is 0.417 e. The lowest BCUT2D eigenvalue weighted by Crippen LogP contribution is -2.30. The Morgan fingerprint density at radius 2 is 1.81 bits per heavy atom. The van der Waals surface area contributed by atoms with Gasteiger partial charge in [0.2, 0.25) is 0 Å². The van der Waals surface area contributed by atoms with E-state index in [0.29, 0.717) is 43.0 Å². The van der Waals surface area contributed by atoms with Crippen LogP contribution in [0.15, 0.2) is 72.8 Å². The number of carboxylic acid groups (broad SMARTS) is 1. The lowest BCUT2D eigenvalue weighted by Gasteiger charge is -2.26. The maximum absolute atomic E-state index is 13.4. The van der Waals surface area contributed by atoms with Gasteiger partial charge in [0, 0.05) is 19.6 Å². The molecular formula is C29H27ClF3NO3. The van der Waals surface area contributed by atoms with Gasteiger partial charge in [-0.1, -0.05) is 72.1 Å². The Kier molecular flexibility index (Phi) is 10.0. The molecule has 1 atom stereocenters. The van der Waals surface area contributed by atoms with E-state index in [1.807, 2.05) is 35.2 Å². The van der Waals surface area contributed by atoms with E-state index >= 15 is 0 Å². The molecule has 0 saturated carbocycles. The zero-order chi connectivity index (χ0) is 26.8. The van der Waals surface area contributed by atoms with Crippen LogP contribution in [0.25, 0.3) is 0 Å². The van der Waals surface area contributed by atoms with Gasteiger partial charge in [0.25, 0.3) is 0 Å². The maximum atomic E-state index is 13.4. The van der Waals surface area contributed by atoms with Gasteiger partial charge in [0.15, 0.2) is 0 Å². The third-order valence-electron chi connectivity index (χ3n) is 5.76. The van der Waals surface area contributed by atoms with Crippen molar-refractivity contribution in [2.45, 2.75) is 31.5 Å². The second-order valence-electron chi connectivity index (χ2n) is 8.56. The Morgan fingerprint density at radius 3 is 2.49 bits per heavy atom. The quantitative estimate of drug-likeness (QED) is 0.210. The molecule has 0 fully saturated rings. The lowest BCUT2D eigenvalue weighted by molar-refractivity contribution is -0.138. The Morgan fingerprint density at radius 1 is 1.08 bits per heavy atom. The molecular weight excluding hydrogens is 503 g/mol. The molecule has 0 aliphatic heterocycles. The third-order valence-corrected chi connectivity index (χ3v) is 6.21. The van der Waals surface area contributed by atoms with Crippen LogP contribution in [0.5, 0.6) is 5.75 Å². The van der Waals surface area contributed by atoms with Crippen molar-refractivity contribution in [1.29, 1.82) is 0 Å². The molecule has 1 N–H and O–H groups in total. The van der Waals surface area contributed by atoms with E-state index in [4.69, 9.17) is 27.9 Å². The molecule has 0 amide bonds. The summed E-state index contributed by atoms with van der Waals surface area (Å²) in [4.78, 5) is 12.9. The zero-order valence-electron chi connectivity index (χ0n) is 20.0. The monoisotopic (exact) mass is 529 g/mol. The normalized spacial score (nSPS) is 12.2. The largest absolute Gasteiger partial charge is 0.494 e. The average molecular weight is 530 g/mol. The van der Waals surface area contributed by atoms with Crippen molar-refractivity contribution in [2.24, 2.45) is 0 Å². The molecule has 8 heteroatoms. The number of aliphatic carboxylic acids is 1. The number of hydrogen-bond donors (Lipinski definition) is 1. The van der Waals surface area contributed by atoms with E-state index in [0.717, 1.165) is 11.6 Å². The summed E-state index contributed by atoms with van der Waals surface area (Å²) in [5.74, 6) is 2.15. The van der Waals surface area contributed by atoms with Crippen molar-refractivity contribution in [3.63, 3.8) is 0 Å². The van der Waals surface area contributed by atoms with Gasteiger partial charge in [-0.2, -0.15) is 13.2 Å². The molecule has 0 heterocycles. The summed E-state index contributed by atoms with van der Waals surface area (Å²) in [6.07, 6.45) is 1.73. The molecule has 0 spiro atoms. The predicted molar refractivity (Wildman–Crippen MR) is 138 cm³/mol. The van der Waals surface area contributed by atoms with Crippen LogP contribution in [0.2, 0.25) is 5.02 Å². The van der Waals surface area contributed by atoms with Crippen molar-refractivity contribution >= 4 is 17.6 Å². The second kappa shape index (κ2) is 13.2. The summed E-state index contributed by atoms with van der Waals surface area (Å²) in [6, 6.07) is 20.3. The highest BCUT2D eigenvalue weighted by atomic mass is 35.5. The van der Waals surface area contributed by atoms with Crippen molar-refractivity contribution < 1.29 is 27.8 Å². The fourth-order valence-corrected chi connectivity index (χ4v) is 4.29. The molecule has 3 aromatic carbocycles. The van der Waals surface area contributed by atoms with E-state index in [1.54, 1.807) is 30.3 Å². The van der Waals surface area contributed by atoms with E-state index in [1.165, 1.54) is 6.07 Å². The lowest BCUT2D eigenvalue weighted by atomic mass is 9.99. The molecule has 0 aliphatic carbocycles. The Bertz CT molecular complexity index is 1230. The first-order valence-electron chi connectivity index (χ1n) is 11.7. The molecule has 0 aliphatic rings. The zero-order valence-corrected chi connectivity index (χ0v) is 20.8. The number of terminal acetylenes is 1. The summed E-state index contributed by atoms with van der Waals surface area (Å²) in [5, 5.41) is 8.66. The third kappa shape index (κ3) is 8.56. The molecule has 0 unspecified atom stereocenters. The second-order valence-corrected chi connectivity index (χ2v) is 8.94. The minimum Gasteiger partial charge on any atom is -0.494 e. The number of carboxylic acids is 1. The first-order chi connectivity index (χ1) is 17.7. The van der Waals surface area contributed by atoms with Gasteiger partial charge in [-0.25, -0.2) is 0 Å². The fraction of sp³-hybridized carbons (Fsp3) is 0.276. The van der Waals surface area contributed by atoms with Crippen LogP contribution in [0, 0.1) is 12.3 Å². The number of halogens is 4. The first kappa shape index (κ1) is 28.1. The van der Waals surface area contributed by atoms with Crippen LogP contribution in [-0.2, 0) is 23.9 Å². The summed E-state index contributed by atoms with van der Waals surface area (Å²) >= 11 is 6.16. The molecule has 0 aromatic heterocycles. The molecule has 3 aromatic rings. The van der Waals surface area contributed by atoms with Crippen LogP contribution in [0.4, 0.5) is 13.2 Å². The van der Waals surface area contributed by atoms with Crippen LogP contribution in [0.3, 0.4) is 0 Å². The molecule has 37 heavy (non-hydrogen) atoms. The predicted octanol–water partition coefficient (Wildman–Crippen LogP) is 6.67. The molecule has 0 saturated heterocycles. The van der Waals surface area contributed by atoms with Gasteiger partial charge in [0.1, 0.15) is 5.75 Å². The van der Waals surface area contributed by atoms with Crippen molar-refractivity contribution in [2.75, 3.05) is 19.7 Å². The average Bonchev–Trinajstić information content (AvgIpc) is 2.85. The summed E-state index contributed by atoms with van der Waals surface area (Å²) < 4.78 is 46.0. The first-order valence-corrected chi connectivity index (χ1v) is 12.1. The summed E-state index contributed by atoms with van der Waals surface area (Å²) in [5.41, 5.74) is 1.07. The highest BCUT2D eigenvalue weighted by Gasteiger charge is 2.34. The van der Waals surface area contributed by atoms with Crippen molar-refractivity contribution in [3.8, 4) is 18.1 Å². The number of nitrogens with zero attached hydrogens (tertiary/aromatic N) is 1. The molecule has 0 radical (unpaired) electrons. The van der Waals surface area contributed by atoms with E-state index in [9.17, 15) is 18.0 Å². The van der Waals surface area contributed by atoms with E-state index in [2.05, 4.69) is 5.92 Å². The Hall–Kier alpha value is -3.47. The molecule has 194 valence electrons. The van der Waals surface area contributed by atoms with Crippen LogP contribution < -0.4 is 4.74 Å². The minimum atomic E-state index is -4.55. The van der Waals surface area contributed by atoms with E-state index < -0.39 is 17.7 Å². The van der Waals surface area contributed by atoms with Gasteiger partial charge >= 0.3 is 12.1 Å². The number of alkyl halides is 3. The Balaban J connectivity index is 1.72. The summed E-state index contributed by atoms with van der Waals surface area (Å²) in [6.45, 7) is 1.42. The van der Waals surface area contributed by atoms with Gasteiger partial charge in [0.05, 0.1) is 29.5 Å². The number of carbonyl (C=O) groups is 1. The standard InChI is InChI=1S/C29H27ClF3NO3/c1-2-22(23-10-4-3-5-11-23)19-34(20-24-12-7-14-26(28(24)30)29(31,32)33)15-8-16-37-25-13-6-9-21(17-25)18-27(35)36/h1,3-7,9-14,17,22H,8,15-16,18-20H2,(H,35,36)/t22-/m1/s1. The van der Waals surface area contributed by atoms with Gasteiger partial charge in [-0.15, -0.1) is 6.42 Å². The number of rotatable bonds is 12. The maximum Gasteiger partial charge on any atom is 0.417 e. The van der Waals surface area contributed by atoms with E-state index in [-0.39, 0.29) is 23.9 Å². The van der Waals surface area contributed by atoms with Crippen LogP contribution in [0.1, 0.15) is 34.6 Å².